The molecule has 2 bridgehead atoms. The SMILES string of the molecule is CC(C)(C)C(=O)OCC1=C[C@H](O)[C@H]2C[C@@H]1C2(C)C. The molecule has 0 amide bonds. The molecule has 0 spiro atoms. The zero-order valence-electron chi connectivity index (χ0n) is 12.0. The second-order valence-electron chi connectivity index (χ2n) is 7.27. The van der Waals surface area contributed by atoms with Crippen LogP contribution in [0.5, 0.6) is 0 Å². The molecule has 0 aromatic rings. The largest absolute Gasteiger partial charge is 0.461 e. The summed E-state index contributed by atoms with van der Waals surface area (Å²) in [4.78, 5) is 11.8. The van der Waals surface area contributed by atoms with Crippen molar-refractivity contribution in [2.45, 2.75) is 47.1 Å². The maximum absolute atomic E-state index is 11.8. The zero-order chi connectivity index (χ0) is 13.7. The molecule has 3 nitrogen and oxygen atoms in total. The molecule has 3 rings (SSSR count). The molecule has 1 fully saturated rings. The third-order valence-corrected chi connectivity index (χ3v) is 4.57. The monoisotopic (exact) mass is 252 g/mol. The summed E-state index contributed by atoms with van der Waals surface area (Å²) < 4.78 is 5.36. The molecule has 1 saturated carbocycles. The molecule has 0 aliphatic heterocycles. The standard InChI is InChI=1S/C15H24O3/c1-14(2,3)13(17)18-8-9-6-12(16)11-7-10(9)15(11,4)5/h6,10-12,16H,7-8H2,1-5H3/t10-,11+,12-/m0/s1. The molecular formula is C15H24O3. The molecule has 3 aliphatic rings. The maximum Gasteiger partial charge on any atom is 0.311 e. The Balaban J connectivity index is 2.01. The van der Waals surface area contributed by atoms with E-state index in [0.717, 1.165) is 12.0 Å². The zero-order valence-corrected chi connectivity index (χ0v) is 12.0. The molecule has 0 aromatic carbocycles. The average molecular weight is 252 g/mol. The van der Waals surface area contributed by atoms with Gasteiger partial charge in [-0.3, -0.25) is 4.79 Å². The third-order valence-electron chi connectivity index (χ3n) is 4.57. The number of fused-ring (bicyclic) bond motifs is 1. The van der Waals surface area contributed by atoms with Crippen LogP contribution >= 0.6 is 0 Å². The van der Waals surface area contributed by atoms with Crippen molar-refractivity contribution in [1.29, 1.82) is 0 Å². The minimum absolute atomic E-state index is 0.137. The van der Waals surface area contributed by atoms with Gasteiger partial charge in [-0.2, -0.15) is 0 Å². The van der Waals surface area contributed by atoms with Crippen molar-refractivity contribution in [2.24, 2.45) is 22.7 Å². The summed E-state index contributed by atoms with van der Waals surface area (Å²) in [7, 11) is 0. The highest BCUT2D eigenvalue weighted by Crippen LogP contribution is 2.59. The van der Waals surface area contributed by atoms with Crippen LogP contribution in [0.25, 0.3) is 0 Å². The van der Waals surface area contributed by atoms with Gasteiger partial charge in [0, 0.05) is 0 Å². The summed E-state index contributed by atoms with van der Waals surface area (Å²) >= 11 is 0. The Morgan fingerprint density at radius 2 is 2.11 bits per heavy atom. The van der Waals surface area contributed by atoms with E-state index in [4.69, 9.17) is 4.74 Å². The van der Waals surface area contributed by atoms with Gasteiger partial charge in [-0.1, -0.05) is 19.9 Å². The lowest BCUT2D eigenvalue weighted by molar-refractivity contribution is -0.153. The molecular weight excluding hydrogens is 228 g/mol. The van der Waals surface area contributed by atoms with Crippen molar-refractivity contribution in [3.05, 3.63) is 11.6 Å². The number of rotatable bonds is 2. The Morgan fingerprint density at radius 1 is 1.50 bits per heavy atom. The highest BCUT2D eigenvalue weighted by atomic mass is 16.5. The lowest BCUT2D eigenvalue weighted by Gasteiger charge is -2.58. The molecule has 3 heteroatoms. The van der Waals surface area contributed by atoms with Gasteiger partial charge in [-0.05, 0) is 50.0 Å². The number of carbonyl (C=O) groups is 1. The van der Waals surface area contributed by atoms with Crippen LogP contribution in [0.2, 0.25) is 0 Å². The first-order chi connectivity index (χ1) is 8.14. The first-order valence-corrected chi connectivity index (χ1v) is 6.70. The Bertz CT molecular complexity index is 387. The fraction of sp³-hybridized carbons (Fsp3) is 0.800. The molecule has 0 aromatic heterocycles. The average Bonchev–Trinajstić information content (AvgIpc) is 2.23. The molecule has 0 radical (unpaired) electrons. The fourth-order valence-corrected chi connectivity index (χ4v) is 3.13. The second-order valence-corrected chi connectivity index (χ2v) is 7.27. The number of carbonyl (C=O) groups excluding carboxylic acids is 1. The summed E-state index contributed by atoms with van der Waals surface area (Å²) in [6, 6.07) is 0. The summed E-state index contributed by atoms with van der Waals surface area (Å²) in [5.41, 5.74) is 0.760. The molecule has 0 saturated heterocycles. The quantitative estimate of drug-likeness (QED) is 0.607. The summed E-state index contributed by atoms with van der Waals surface area (Å²) in [5.74, 6) is 0.639. The highest BCUT2D eigenvalue weighted by molar-refractivity contribution is 5.75. The number of aliphatic hydroxyl groups excluding tert-OH is 1. The summed E-state index contributed by atoms with van der Waals surface area (Å²) in [6.45, 7) is 10.3. The molecule has 102 valence electrons. The van der Waals surface area contributed by atoms with Crippen molar-refractivity contribution in [2.75, 3.05) is 6.61 Å². The van der Waals surface area contributed by atoms with Gasteiger partial charge in [0.2, 0.25) is 0 Å². The lowest BCUT2D eigenvalue weighted by atomic mass is 9.48. The smallest absolute Gasteiger partial charge is 0.311 e. The van der Waals surface area contributed by atoms with E-state index in [2.05, 4.69) is 13.8 Å². The highest BCUT2D eigenvalue weighted by Gasteiger charge is 2.55. The van der Waals surface area contributed by atoms with Crippen molar-refractivity contribution in [1.82, 2.24) is 0 Å². The van der Waals surface area contributed by atoms with Gasteiger partial charge in [-0.25, -0.2) is 0 Å². The number of aliphatic hydroxyl groups is 1. The predicted molar refractivity (Wildman–Crippen MR) is 69.9 cm³/mol. The maximum atomic E-state index is 11.8. The minimum atomic E-state index is -0.467. The van der Waals surface area contributed by atoms with Crippen LogP contribution in [-0.2, 0) is 9.53 Å². The van der Waals surface area contributed by atoms with Gasteiger partial charge in [0.25, 0.3) is 0 Å². The molecule has 0 unspecified atom stereocenters. The van der Waals surface area contributed by atoms with E-state index in [1.54, 1.807) is 0 Å². The van der Waals surface area contributed by atoms with E-state index >= 15 is 0 Å². The van der Waals surface area contributed by atoms with Crippen LogP contribution in [0.4, 0.5) is 0 Å². The van der Waals surface area contributed by atoms with Crippen molar-refractivity contribution in [3.8, 4) is 0 Å². The van der Waals surface area contributed by atoms with Crippen LogP contribution in [0.3, 0.4) is 0 Å². The van der Waals surface area contributed by atoms with Gasteiger partial charge < -0.3 is 9.84 Å². The molecule has 3 aliphatic carbocycles. The van der Waals surface area contributed by atoms with E-state index in [-0.39, 0.29) is 17.5 Å². The van der Waals surface area contributed by atoms with Gasteiger partial charge >= 0.3 is 5.97 Å². The lowest BCUT2D eigenvalue weighted by Crippen LogP contribution is -2.54. The van der Waals surface area contributed by atoms with Crippen LogP contribution < -0.4 is 0 Å². The van der Waals surface area contributed by atoms with Crippen LogP contribution in [-0.4, -0.2) is 23.8 Å². The second kappa shape index (κ2) is 4.09. The van der Waals surface area contributed by atoms with Gasteiger partial charge in [0.1, 0.15) is 6.61 Å². The van der Waals surface area contributed by atoms with Crippen molar-refractivity contribution >= 4 is 5.97 Å². The van der Waals surface area contributed by atoms with E-state index in [1.807, 2.05) is 26.8 Å². The van der Waals surface area contributed by atoms with Gasteiger partial charge in [-0.15, -0.1) is 0 Å². The van der Waals surface area contributed by atoms with E-state index < -0.39 is 5.41 Å². The van der Waals surface area contributed by atoms with Crippen molar-refractivity contribution < 1.29 is 14.6 Å². The van der Waals surface area contributed by atoms with Gasteiger partial charge in [0.05, 0.1) is 11.5 Å². The van der Waals surface area contributed by atoms with E-state index in [0.29, 0.717) is 18.4 Å². The molecule has 3 atom stereocenters. The number of hydrogen-bond donors (Lipinski definition) is 1. The Morgan fingerprint density at radius 3 is 2.56 bits per heavy atom. The van der Waals surface area contributed by atoms with Crippen LogP contribution in [0, 0.1) is 22.7 Å². The molecule has 0 heterocycles. The third kappa shape index (κ3) is 2.09. The van der Waals surface area contributed by atoms with Crippen LogP contribution in [0.1, 0.15) is 41.0 Å². The Kier molecular flexibility index (Phi) is 3.09. The normalized spacial score (nSPS) is 33.4. The van der Waals surface area contributed by atoms with E-state index in [1.165, 1.54) is 0 Å². The topological polar surface area (TPSA) is 46.5 Å². The first kappa shape index (κ1) is 13.6. The fourth-order valence-electron chi connectivity index (χ4n) is 3.13. The minimum Gasteiger partial charge on any atom is -0.461 e. The van der Waals surface area contributed by atoms with Gasteiger partial charge in [0.15, 0.2) is 0 Å². The summed E-state index contributed by atoms with van der Waals surface area (Å²) in [6.07, 6.45) is 2.53. The number of esters is 1. The van der Waals surface area contributed by atoms with E-state index in [9.17, 15) is 9.90 Å². The Hall–Kier alpha value is -0.830. The van der Waals surface area contributed by atoms with Crippen LogP contribution in [0.15, 0.2) is 11.6 Å². The first-order valence-electron chi connectivity index (χ1n) is 6.70. The predicted octanol–water partition coefficient (Wildman–Crippen LogP) is 2.54. The molecule has 18 heavy (non-hydrogen) atoms. The number of hydrogen-bond acceptors (Lipinski definition) is 3. The molecule has 1 N–H and O–H groups in total. The summed E-state index contributed by atoms with van der Waals surface area (Å²) in [5, 5.41) is 10.0. The van der Waals surface area contributed by atoms with Crippen molar-refractivity contribution in [3.63, 3.8) is 0 Å². The Labute approximate surface area is 109 Å². The number of ether oxygens (including phenoxy) is 1.